The van der Waals surface area contributed by atoms with Gasteiger partial charge in [-0.3, -0.25) is 9.59 Å². The molecule has 0 aromatic carbocycles. The van der Waals surface area contributed by atoms with Gasteiger partial charge in [0, 0.05) is 0 Å². The third-order valence-corrected chi connectivity index (χ3v) is 9.33. The number of hydrogen-bond donors (Lipinski definition) is 0. The second-order valence-electron chi connectivity index (χ2n) is 10.0. The Morgan fingerprint density at radius 1 is 1.08 bits per heavy atom. The quantitative estimate of drug-likeness (QED) is 0.441. The Balaban J connectivity index is 1.28. The second-order valence-corrected chi connectivity index (χ2v) is 10.0. The maximum Gasteiger partial charge on any atom is 0.312 e. The van der Waals surface area contributed by atoms with E-state index >= 15 is 0 Å². The largest absolute Gasteiger partial charge is 0.469 e. The molecule has 7 unspecified atom stereocenters. The average molecular weight is 356 g/mol. The van der Waals surface area contributed by atoms with Crippen molar-refractivity contribution >= 4 is 11.9 Å². The van der Waals surface area contributed by atoms with Crippen LogP contribution in [0.1, 0.15) is 51.4 Å². The van der Waals surface area contributed by atoms with Gasteiger partial charge in [-0.2, -0.15) is 0 Å². The van der Waals surface area contributed by atoms with Crippen LogP contribution in [0.25, 0.3) is 0 Å². The molecule has 5 saturated carbocycles. The zero-order chi connectivity index (χ0) is 17.7. The topological polar surface area (TPSA) is 52.6 Å². The van der Waals surface area contributed by atoms with E-state index in [1.165, 1.54) is 20.0 Å². The van der Waals surface area contributed by atoms with Crippen LogP contribution in [0.5, 0.6) is 0 Å². The lowest BCUT2D eigenvalue weighted by Crippen LogP contribution is -2.50. The maximum atomic E-state index is 13.2. The van der Waals surface area contributed by atoms with Crippen molar-refractivity contribution in [3.63, 3.8) is 0 Å². The summed E-state index contributed by atoms with van der Waals surface area (Å²) in [7, 11) is 1.53. The van der Waals surface area contributed by atoms with Gasteiger partial charge in [0.1, 0.15) is 5.60 Å². The summed E-state index contributed by atoms with van der Waals surface area (Å²) in [5.74, 6) is 2.47. The number of methoxy groups -OCH3 is 1. The number of esters is 2. The molecule has 0 aliphatic heterocycles. The summed E-state index contributed by atoms with van der Waals surface area (Å²) in [4.78, 5) is 26.0. The van der Waals surface area contributed by atoms with Gasteiger partial charge < -0.3 is 9.47 Å². The monoisotopic (exact) mass is 356 g/mol. The first kappa shape index (κ1) is 15.7. The number of fused-ring (bicyclic) bond motifs is 11. The van der Waals surface area contributed by atoms with Crippen LogP contribution in [0.2, 0.25) is 0 Å². The molecule has 26 heavy (non-hydrogen) atoms. The highest BCUT2D eigenvalue weighted by atomic mass is 16.6. The Labute approximate surface area is 154 Å². The number of carbonyl (C=O) groups excluding carboxylic acids is 2. The van der Waals surface area contributed by atoms with Crippen molar-refractivity contribution in [1.29, 1.82) is 0 Å². The summed E-state index contributed by atoms with van der Waals surface area (Å²) in [5, 5.41) is 0. The number of ether oxygens (including phenoxy) is 2. The summed E-state index contributed by atoms with van der Waals surface area (Å²) >= 11 is 0. The Kier molecular flexibility index (Phi) is 2.98. The van der Waals surface area contributed by atoms with E-state index < -0.39 is 0 Å². The Morgan fingerprint density at radius 2 is 1.88 bits per heavy atom. The van der Waals surface area contributed by atoms with Gasteiger partial charge in [-0.05, 0) is 86.9 Å². The Hall–Kier alpha value is -1.32. The summed E-state index contributed by atoms with van der Waals surface area (Å²) in [6, 6.07) is 0. The first-order valence-corrected chi connectivity index (χ1v) is 10.6. The Morgan fingerprint density at radius 3 is 2.58 bits per heavy atom. The number of allylic oxidation sites excluding steroid dienone is 2. The van der Waals surface area contributed by atoms with Crippen LogP contribution in [-0.2, 0) is 19.1 Å². The predicted octanol–water partition coefficient (Wildman–Crippen LogP) is 3.50. The van der Waals surface area contributed by atoms with E-state index in [2.05, 4.69) is 12.2 Å². The minimum Gasteiger partial charge on any atom is -0.469 e. The zero-order valence-electron chi connectivity index (χ0n) is 15.5. The number of hydrogen-bond acceptors (Lipinski definition) is 4. The summed E-state index contributed by atoms with van der Waals surface area (Å²) in [6.07, 6.45) is 13.1. The van der Waals surface area contributed by atoms with Crippen LogP contribution in [0, 0.1) is 46.8 Å². The molecule has 6 aliphatic carbocycles. The summed E-state index contributed by atoms with van der Waals surface area (Å²) in [6.45, 7) is 0. The highest BCUT2D eigenvalue weighted by Crippen LogP contribution is 2.74. The SMILES string of the molecule is COC(=O)C12C3C=CC(C3)C1C1CC2CC1C(=O)OC12CCC(CC1)C2. The minimum atomic E-state index is -0.348. The minimum absolute atomic E-state index is 0.00422. The van der Waals surface area contributed by atoms with Crippen molar-refractivity contribution in [3.8, 4) is 0 Å². The lowest BCUT2D eigenvalue weighted by Gasteiger charge is -2.44. The molecule has 4 heteroatoms. The van der Waals surface area contributed by atoms with E-state index in [-0.39, 0.29) is 28.9 Å². The van der Waals surface area contributed by atoms with E-state index in [1.54, 1.807) is 0 Å². The molecule has 0 aromatic rings. The summed E-state index contributed by atoms with van der Waals surface area (Å²) in [5.41, 5.74) is -0.489. The van der Waals surface area contributed by atoms with Gasteiger partial charge in [-0.25, -0.2) is 0 Å². The third kappa shape index (κ3) is 1.68. The molecule has 0 heterocycles. The third-order valence-electron chi connectivity index (χ3n) is 9.33. The zero-order valence-corrected chi connectivity index (χ0v) is 15.5. The van der Waals surface area contributed by atoms with Gasteiger partial charge in [0.2, 0.25) is 0 Å². The van der Waals surface area contributed by atoms with Gasteiger partial charge in [0.15, 0.2) is 0 Å². The van der Waals surface area contributed by atoms with Crippen molar-refractivity contribution < 1.29 is 19.1 Å². The molecule has 0 saturated heterocycles. The molecule has 7 atom stereocenters. The lowest BCUT2D eigenvalue weighted by atomic mass is 9.58. The van der Waals surface area contributed by atoms with E-state index in [0.717, 1.165) is 44.4 Å². The molecule has 4 nitrogen and oxygen atoms in total. The molecule has 6 aliphatic rings. The first-order chi connectivity index (χ1) is 12.6. The highest BCUT2D eigenvalue weighted by molar-refractivity contribution is 5.82. The fraction of sp³-hybridized carbons (Fsp3) is 0.818. The van der Waals surface area contributed by atoms with Crippen LogP contribution in [0.3, 0.4) is 0 Å². The van der Waals surface area contributed by atoms with E-state index in [4.69, 9.17) is 9.47 Å². The molecule has 5 fully saturated rings. The van der Waals surface area contributed by atoms with E-state index in [9.17, 15) is 9.59 Å². The van der Waals surface area contributed by atoms with Crippen molar-refractivity contribution in [2.75, 3.05) is 7.11 Å². The highest BCUT2D eigenvalue weighted by Gasteiger charge is 2.74. The van der Waals surface area contributed by atoms with Crippen molar-refractivity contribution in [2.24, 2.45) is 46.8 Å². The normalized spacial score (nSPS) is 54.7. The van der Waals surface area contributed by atoms with Crippen LogP contribution >= 0.6 is 0 Å². The van der Waals surface area contributed by atoms with Crippen molar-refractivity contribution in [2.45, 2.75) is 57.0 Å². The smallest absolute Gasteiger partial charge is 0.312 e. The van der Waals surface area contributed by atoms with Crippen LogP contribution in [0.15, 0.2) is 12.2 Å². The molecule has 0 radical (unpaired) electrons. The van der Waals surface area contributed by atoms with Crippen molar-refractivity contribution in [1.82, 2.24) is 0 Å². The number of carbonyl (C=O) groups is 2. The summed E-state index contributed by atoms with van der Waals surface area (Å²) < 4.78 is 11.5. The van der Waals surface area contributed by atoms with E-state index in [0.29, 0.717) is 29.6 Å². The van der Waals surface area contributed by atoms with Gasteiger partial charge in [-0.15, -0.1) is 0 Å². The fourth-order valence-corrected chi connectivity index (χ4v) is 8.53. The van der Waals surface area contributed by atoms with Gasteiger partial charge >= 0.3 is 11.9 Å². The first-order valence-electron chi connectivity index (χ1n) is 10.6. The maximum absolute atomic E-state index is 13.2. The molecule has 0 amide bonds. The molecule has 140 valence electrons. The molecule has 6 rings (SSSR count). The number of rotatable bonds is 3. The molecule has 6 bridgehead atoms. The van der Waals surface area contributed by atoms with Crippen LogP contribution in [-0.4, -0.2) is 24.6 Å². The molecular formula is C22H28O4. The molecule has 0 spiro atoms. The van der Waals surface area contributed by atoms with Gasteiger partial charge in [-0.1, -0.05) is 12.2 Å². The lowest BCUT2D eigenvalue weighted by molar-refractivity contribution is -0.174. The average Bonchev–Trinajstić information content (AvgIpc) is 3.46. The van der Waals surface area contributed by atoms with Crippen LogP contribution in [0.4, 0.5) is 0 Å². The molecule has 0 N–H and O–H groups in total. The van der Waals surface area contributed by atoms with Crippen LogP contribution < -0.4 is 0 Å². The fourth-order valence-electron chi connectivity index (χ4n) is 8.53. The van der Waals surface area contributed by atoms with Gasteiger partial charge in [0.25, 0.3) is 0 Å². The Bertz CT molecular complexity index is 703. The molecular weight excluding hydrogens is 328 g/mol. The molecule has 0 aromatic heterocycles. The van der Waals surface area contributed by atoms with Crippen molar-refractivity contribution in [3.05, 3.63) is 12.2 Å². The second kappa shape index (κ2) is 4.94. The predicted molar refractivity (Wildman–Crippen MR) is 93.8 cm³/mol. The van der Waals surface area contributed by atoms with Gasteiger partial charge in [0.05, 0.1) is 18.4 Å². The van der Waals surface area contributed by atoms with E-state index in [1.807, 2.05) is 0 Å². The standard InChI is InChI=1S/C22H28O4/c1-25-20(24)22-14-3-2-13(8-14)18(22)16-9-15(22)10-17(16)19(23)26-21-6-4-12(11-21)5-7-21/h2-3,12-18H,4-11H2,1H3.